The van der Waals surface area contributed by atoms with Crippen molar-refractivity contribution in [2.75, 3.05) is 0 Å². The van der Waals surface area contributed by atoms with Gasteiger partial charge in [0.05, 0.1) is 18.2 Å². The average molecular weight is 211 g/mol. The van der Waals surface area contributed by atoms with Crippen LogP contribution in [0.15, 0.2) is 42.9 Å². The van der Waals surface area contributed by atoms with Gasteiger partial charge in [-0.05, 0) is 5.56 Å². The molecule has 1 aromatic carbocycles. The quantitative estimate of drug-likeness (QED) is 0.796. The Bertz CT molecular complexity index is 361. The minimum absolute atomic E-state index is 0. The lowest BCUT2D eigenvalue weighted by molar-refractivity contribution is 0.216. The first kappa shape index (κ1) is 10.8. The van der Waals surface area contributed by atoms with E-state index in [1.54, 1.807) is 12.5 Å². The molecule has 74 valence electrons. The van der Waals surface area contributed by atoms with Crippen molar-refractivity contribution in [2.45, 2.75) is 6.10 Å². The van der Waals surface area contributed by atoms with E-state index >= 15 is 0 Å². The van der Waals surface area contributed by atoms with Crippen LogP contribution in [-0.2, 0) is 0 Å². The number of imidazole rings is 1. The molecule has 0 fully saturated rings. The molecule has 0 aliphatic heterocycles. The van der Waals surface area contributed by atoms with Crippen LogP contribution in [-0.4, -0.2) is 15.1 Å². The highest BCUT2D eigenvalue weighted by Crippen LogP contribution is 2.18. The Morgan fingerprint density at radius 2 is 1.93 bits per heavy atom. The number of hydrogen-bond acceptors (Lipinski definition) is 2. The number of aromatic amines is 1. The molecule has 1 aromatic heterocycles. The first-order valence-corrected chi connectivity index (χ1v) is 4.09. The van der Waals surface area contributed by atoms with Crippen molar-refractivity contribution in [1.29, 1.82) is 0 Å². The van der Waals surface area contributed by atoms with Gasteiger partial charge in [-0.1, -0.05) is 30.3 Å². The molecular formula is C10H11ClN2O. The summed E-state index contributed by atoms with van der Waals surface area (Å²) in [5.74, 6) is 0. The van der Waals surface area contributed by atoms with Gasteiger partial charge in [0.1, 0.15) is 6.10 Å². The van der Waals surface area contributed by atoms with Crippen molar-refractivity contribution >= 4 is 12.4 Å². The number of halogens is 1. The van der Waals surface area contributed by atoms with Crippen LogP contribution in [0.5, 0.6) is 0 Å². The number of aromatic nitrogens is 2. The fourth-order valence-corrected chi connectivity index (χ4v) is 1.23. The number of nitrogens with one attached hydrogen (secondary N) is 1. The highest BCUT2D eigenvalue weighted by atomic mass is 35.5. The van der Waals surface area contributed by atoms with Gasteiger partial charge < -0.3 is 10.1 Å². The molecule has 1 atom stereocenters. The fraction of sp³-hybridized carbons (Fsp3) is 0.100. The lowest BCUT2D eigenvalue weighted by atomic mass is 10.1. The molecule has 4 heteroatoms. The highest BCUT2D eigenvalue weighted by molar-refractivity contribution is 5.85. The molecule has 2 aromatic rings. The van der Waals surface area contributed by atoms with Gasteiger partial charge in [-0.25, -0.2) is 4.98 Å². The maximum absolute atomic E-state index is 9.81. The fourth-order valence-electron chi connectivity index (χ4n) is 1.23. The lowest BCUT2D eigenvalue weighted by Gasteiger charge is -2.07. The summed E-state index contributed by atoms with van der Waals surface area (Å²) in [6.07, 6.45) is 2.57. The third kappa shape index (κ3) is 2.13. The van der Waals surface area contributed by atoms with Crippen molar-refractivity contribution in [1.82, 2.24) is 9.97 Å². The molecule has 3 nitrogen and oxygen atoms in total. The summed E-state index contributed by atoms with van der Waals surface area (Å²) >= 11 is 0. The zero-order valence-corrected chi connectivity index (χ0v) is 8.24. The molecule has 0 aliphatic carbocycles. The molecule has 0 saturated carbocycles. The number of aliphatic hydroxyl groups is 1. The van der Waals surface area contributed by atoms with E-state index in [1.165, 1.54) is 0 Å². The number of rotatable bonds is 2. The normalized spacial score (nSPS) is 11.8. The highest BCUT2D eigenvalue weighted by Gasteiger charge is 2.09. The first-order chi connectivity index (χ1) is 6.38. The monoisotopic (exact) mass is 210 g/mol. The second kappa shape index (κ2) is 4.79. The zero-order chi connectivity index (χ0) is 9.10. The predicted molar refractivity (Wildman–Crippen MR) is 56.3 cm³/mol. The Kier molecular flexibility index (Phi) is 3.68. The third-order valence-corrected chi connectivity index (χ3v) is 1.93. The molecule has 1 unspecified atom stereocenters. The summed E-state index contributed by atoms with van der Waals surface area (Å²) < 4.78 is 0. The van der Waals surface area contributed by atoms with Crippen LogP contribution in [0.2, 0.25) is 0 Å². The molecule has 1 heterocycles. The van der Waals surface area contributed by atoms with E-state index in [2.05, 4.69) is 9.97 Å². The summed E-state index contributed by atoms with van der Waals surface area (Å²) in [7, 11) is 0. The van der Waals surface area contributed by atoms with Gasteiger partial charge in [0.2, 0.25) is 0 Å². The van der Waals surface area contributed by atoms with Gasteiger partial charge >= 0.3 is 0 Å². The van der Waals surface area contributed by atoms with Gasteiger partial charge in [0, 0.05) is 0 Å². The molecule has 2 N–H and O–H groups in total. The third-order valence-electron chi connectivity index (χ3n) is 1.93. The standard InChI is InChI=1S/C10H10N2O.ClH/c13-10(9-6-11-7-12-9)8-4-2-1-3-5-8;/h1-7,10,13H,(H,11,12);1H. The number of hydrogen-bond donors (Lipinski definition) is 2. The minimum atomic E-state index is -0.608. The Morgan fingerprint density at radius 1 is 1.21 bits per heavy atom. The number of H-pyrrole nitrogens is 1. The number of aliphatic hydroxyl groups excluding tert-OH is 1. The Hall–Kier alpha value is -1.32. The summed E-state index contributed by atoms with van der Waals surface area (Å²) in [5.41, 5.74) is 1.58. The van der Waals surface area contributed by atoms with Crippen LogP contribution in [0.25, 0.3) is 0 Å². The van der Waals surface area contributed by atoms with Crippen molar-refractivity contribution in [3.8, 4) is 0 Å². The van der Waals surface area contributed by atoms with Gasteiger partial charge in [0.25, 0.3) is 0 Å². The van der Waals surface area contributed by atoms with Crippen LogP contribution < -0.4 is 0 Å². The maximum Gasteiger partial charge on any atom is 0.120 e. The SMILES string of the molecule is Cl.OC(c1ccccc1)c1cnc[nH]1. The summed E-state index contributed by atoms with van der Waals surface area (Å²) in [6, 6.07) is 9.48. The van der Waals surface area contributed by atoms with Crippen LogP contribution in [0.3, 0.4) is 0 Å². The molecule has 0 saturated heterocycles. The molecule has 0 bridgehead atoms. The Balaban J connectivity index is 0.000000980. The molecule has 0 spiro atoms. The van der Waals surface area contributed by atoms with E-state index in [1.807, 2.05) is 30.3 Å². The van der Waals surface area contributed by atoms with Gasteiger partial charge in [0.15, 0.2) is 0 Å². The smallest absolute Gasteiger partial charge is 0.120 e. The zero-order valence-electron chi connectivity index (χ0n) is 7.42. The summed E-state index contributed by atoms with van der Waals surface area (Å²) in [4.78, 5) is 6.73. The van der Waals surface area contributed by atoms with Crippen molar-refractivity contribution < 1.29 is 5.11 Å². The van der Waals surface area contributed by atoms with E-state index in [0.717, 1.165) is 5.56 Å². The van der Waals surface area contributed by atoms with E-state index in [0.29, 0.717) is 5.69 Å². The van der Waals surface area contributed by atoms with Gasteiger partial charge in [-0.2, -0.15) is 0 Å². The largest absolute Gasteiger partial charge is 0.382 e. The Morgan fingerprint density at radius 3 is 2.50 bits per heavy atom. The predicted octanol–water partition coefficient (Wildman–Crippen LogP) is 1.91. The molecule has 0 radical (unpaired) electrons. The van der Waals surface area contributed by atoms with Gasteiger partial charge in [-0.15, -0.1) is 12.4 Å². The van der Waals surface area contributed by atoms with Crippen LogP contribution in [0.4, 0.5) is 0 Å². The second-order valence-corrected chi connectivity index (χ2v) is 2.82. The minimum Gasteiger partial charge on any atom is -0.382 e. The number of benzene rings is 1. The van der Waals surface area contributed by atoms with E-state index in [9.17, 15) is 5.11 Å². The average Bonchev–Trinajstić information content (AvgIpc) is 2.71. The molecule has 2 rings (SSSR count). The molecule has 0 amide bonds. The van der Waals surface area contributed by atoms with E-state index < -0.39 is 6.10 Å². The van der Waals surface area contributed by atoms with Crippen molar-refractivity contribution in [2.24, 2.45) is 0 Å². The summed E-state index contributed by atoms with van der Waals surface area (Å²) in [5, 5.41) is 9.81. The molecular weight excluding hydrogens is 200 g/mol. The van der Waals surface area contributed by atoms with Crippen molar-refractivity contribution in [3.63, 3.8) is 0 Å². The number of nitrogens with zero attached hydrogens (tertiary/aromatic N) is 1. The maximum atomic E-state index is 9.81. The topological polar surface area (TPSA) is 48.9 Å². The molecule has 0 aliphatic rings. The Labute approximate surface area is 88.2 Å². The summed E-state index contributed by atoms with van der Waals surface area (Å²) in [6.45, 7) is 0. The van der Waals surface area contributed by atoms with Crippen LogP contribution >= 0.6 is 12.4 Å². The first-order valence-electron chi connectivity index (χ1n) is 4.09. The van der Waals surface area contributed by atoms with E-state index in [4.69, 9.17) is 0 Å². The van der Waals surface area contributed by atoms with Crippen molar-refractivity contribution in [3.05, 3.63) is 54.1 Å². The van der Waals surface area contributed by atoms with Gasteiger partial charge in [-0.3, -0.25) is 0 Å². The van der Waals surface area contributed by atoms with Crippen LogP contribution in [0, 0.1) is 0 Å². The molecule has 14 heavy (non-hydrogen) atoms. The second-order valence-electron chi connectivity index (χ2n) is 2.82. The van der Waals surface area contributed by atoms with Crippen LogP contribution in [0.1, 0.15) is 17.4 Å². The van der Waals surface area contributed by atoms with E-state index in [-0.39, 0.29) is 12.4 Å². The lowest BCUT2D eigenvalue weighted by Crippen LogP contribution is -1.98.